The van der Waals surface area contributed by atoms with Gasteiger partial charge in [-0.1, -0.05) is 6.42 Å². The quantitative estimate of drug-likeness (QED) is 0.671. The first-order chi connectivity index (χ1) is 6.63. The van der Waals surface area contributed by atoms with Crippen LogP contribution in [0.1, 0.15) is 32.6 Å². The third-order valence-corrected chi connectivity index (χ3v) is 2.62. The van der Waals surface area contributed by atoms with Crippen molar-refractivity contribution in [3.05, 3.63) is 0 Å². The second kappa shape index (κ2) is 4.98. The molecule has 0 aromatic carbocycles. The molecule has 2 atom stereocenters. The van der Waals surface area contributed by atoms with Gasteiger partial charge in [-0.2, -0.15) is 0 Å². The zero-order chi connectivity index (χ0) is 10.6. The van der Waals surface area contributed by atoms with Gasteiger partial charge in [-0.15, -0.1) is 0 Å². The van der Waals surface area contributed by atoms with E-state index in [1.165, 1.54) is 14.0 Å². The van der Waals surface area contributed by atoms with Crippen molar-refractivity contribution in [1.82, 2.24) is 5.32 Å². The van der Waals surface area contributed by atoms with E-state index in [2.05, 4.69) is 5.32 Å². The number of rotatable bonds is 2. The molecule has 2 unspecified atom stereocenters. The van der Waals surface area contributed by atoms with E-state index in [-0.39, 0.29) is 23.8 Å². The summed E-state index contributed by atoms with van der Waals surface area (Å²) in [7, 11) is 1.41. The minimum Gasteiger partial charge on any atom is -0.469 e. The molecule has 1 rings (SSSR count). The van der Waals surface area contributed by atoms with Gasteiger partial charge in [0, 0.05) is 13.0 Å². The van der Waals surface area contributed by atoms with Gasteiger partial charge in [0.2, 0.25) is 5.91 Å². The molecule has 1 fully saturated rings. The normalized spacial score (nSPS) is 26.7. The highest BCUT2D eigenvalue weighted by Crippen LogP contribution is 2.25. The van der Waals surface area contributed by atoms with E-state index in [1.807, 2.05) is 0 Å². The standard InChI is InChI=1S/C10H17NO3/c1-7(12)11-9-5-3-4-8(6-9)10(13)14-2/h8-9H,3-6H2,1-2H3,(H,11,12). The number of nitrogens with one attached hydrogen (secondary N) is 1. The van der Waals surface area contributed by atoms with Crippen molar-refractivity contribution >= 4 is 11.9 Å². The molecule has 0 aliphatic heterocycles. The van der Waals surface area contributed by atoms with E-state index >= 15 is 0 Å². The number of ether oxygens (including phenoxy) is 1. The van der Waals surface area contributed by atoms with Crippen molar-refractivity contribution < 1.29 is 14.3 Å². The minimum absolute atomic E-state index is 0.0273. The van der Waals surface area contributed by atoms with Crippen molar-refractivity contribution in [3.8, 4) is 0 Å². The Hall–Kier alpha value is -1.06. The van der Waals surface area contributed by atoms with Crippen molar-refractivity contribution in [3.63, 3.8) is 0 Å². The smallest absolute Gasteiger partial charge is 0.308 e. The van der Waals surface area contributed by atoms with Crippen LogP contribution in [-0.4, -0.2) is 25.0 Å². The van der Waals surface area contributed by atoms with E-state index in [9.17, 15) is 9.59 Å². The largest absolute Gasteiger partial charge is 0.469 e. The molecular weight excluding hydrogens is 182 g/mol. The zero-order valence-electron chi connectivity index (χ0n) is 8.71. The van der Waals surface area contributed by atoms with Crippen molar-refractivity contribution in [1.29, 1.82) is 0 Å². The maximum Gasteiger partial charge on any atom is 0.308 e. The molecule has 4 nitrogen and oxygen atoms in total. The van der Waals surface area contributed by atoms with E-state index in [0.29, 0.717) is 6.42 Å². The summed E-state index contributed by atoms with van der Waals surface area (Å²) >= 11 is 0. The first-order valence-electron chi connectivity index (χ1n) is 4.98. The van der Waals surface area contributed by atoms with Crippen LogP contribution >= 0.6 is 0 Å². The topological polar surface area (TPSA) is 55.4 Å². The molecule has 14 heavy (non-hydrogen) atoms. The van der Waals surface area contributed by atoms with Crippen LogP contribution in [0.5, 0.6) is 0 Å². The van der Waals surface area contributed by atoms with Gasteiger partial charge in [0.25, 0.3) is 0 Å². The summed E-state index contributed by atoms with van der Waals surface area (Å²) in [5.41, 5.74) is 0. The fraction of sp³-hybridized carbons (Fsp3) is 0.800. The molecule has 1 N–H and O–H groups in total. The van der Waals surface area contributed by atoms with Crippen LogP contribution in [0.15, 0.2) is 0 Å². The molecule has 0 spiro atoms. The van der Waals surface area contributed by atoms with E-state index in [1.54, 1.807) is 0 Å². The molecule has 0 heterocycles. The lowest BCUT2D eigenvalue weighted by Gasteiger charge is -2.27. The predicted octanol–water partition coefficient (Wildman–Crippen LogP) is 0.854. The lowest BCUT2D eigenvalue weighted by atomic mass is 9.86. The maximum absolute atomic E-state index is 11.3. The van der Waals surface area contributed by atoms with Gasteiger partial charge in [-0.05, 0) is 19.3 Å². The molecule has 1 aliphatic carbocycles. The molecule has 0 aromatic heterocycles. The van der Waals surface area contributed by atoms with Gasteiger partial charge in [-0.25, -0.2) is 0 Å². The highest BCUT2D eigenvalue weighted by molar-refractivity contribution is 5.74. The molecule has 1 saturated carbocycles. The second-order valence-electron chi connectivity index (χ2n) is 3.78. The number of carbonyl (C=O) groups excluding carboxylic acids is 2. The average Bonchev–Trinajstić information content (AvgIpc) is 2.16. The van der Waals surface area contributed by atoms with Crippen LogP contribution in [-0.2, 0) is 14.3 Å². The Morgan fingerprint density at radius 3 is 2.64 bits per heavy atom. The SMILES string of the molecule is COC(=O)C1CCCC(NC(C)=O)C1. The number of carbonyl (C=O) groups is 2. The lowest BCUT2D eigenvalue weighted by molar-refractivity contribution is -0.147. The van der Waals surface area contributed by atoms with Gasteiger partial charge in [0.1, 0.15) is 0 Å². The molecule has 0 saturated heterocycles. The summed E-state index contributed by atoms with van der Waals surface area (Å²) in [5, 5.41) is 2.84. The maximum atomic E-state index is 11.3. The van der Waals surface area contributed by atoms with Gasteiger partial charge >= 0.3 is 5.97 Å². The number of hydrogen-bond acceptors (Lipinski definition) is 3. The van der Waals surface area contributed by atoms with Gasteiger partial charge in [0.05, 0.1) is 13.0 Å². The number of esters is 1. The van der Waals surface area contributed by atoms with Crippen molar-refractivity contribution in [2.24, 2.45) is 5.92 Å². The summed E-state index contributed by atoms with van der Waals surface area (Å²) in [5.74, 6) is -0.217. The summed E-state index contributed by atoms with van der Waals surface area (Å²) in [4.78, 5) is 22.1. The Kier molecular flexibility index (Phi) is 3.92. The summed E-state index contributed by atoms with van der Waals surface area (Å²) < 4.78 is 4.69. The third kappa shape index (κ3) is 3.01. The lowest BCUT2D eigenvalue weighted by Crippen LogP contribution is -2.39. The van der Waals surface area contributed by atoms with Crippen LogP contribution in [0, 0.1) is 5.92 Å². The van der Waals surface area contributed by atoms with Crippen molar-refractivity contribution in [2.45, 2.75) is 38.6 Å². The highest BCUT2D eigenvalue weighted by Gasteiger charge is 2.27. The van der Waals surface area contributed by atoms with Gasteiger partial charge in [-0.3, -0.25) is 9.59 Å². The van der Waals surface area contributed by atoms with Gasteiger partial charge < -0.3 is 10.1 Å². The van der Waals surface area contributed by atoms with Crippen LogP contribution < -0.4 is 5.32 Å². The molecule has 1 amide bonds. The molecular formula is C10H17NO3. The number of amides is 1. The summed E-state index contributed by atoms with van der Waals surface area (Å²) in [6.45, 7) is 1.50. The summed E-state index contributed by atoms with van der Waals surface area (Å²) in [6.07, 6.45) is 3.53. The number of hydrogen-bond donors (Lipinski definition) is 1. The molecule has 0 radical (unpaired) electrons. The Morgan fingerprint density at radius 2 is 2.07 bits per heavy atom. The molecule has 80 valence electrons. The average molecular weight is 199 g/mol. The van der Waals surface area contributed by atoms with E-state index < -0.39 is 0 Å². The Bertz CT molecular complexity index is 227. The first kappa shape index (κ1) is 11.0. The zero-order valence-corrected chi connectivity index (χ0v) is 8.71. The Morgan fingerprint density at radius 1 is 1.36 bits per heavy atom. The molecule has 0 aromatic rings. The van der Waals surface area contributed by atoms with Crippen LogP contribution in [0.3, 0.4) is 0 Å². The molecule has 4 heteroatoms. The van der Waals surface area contributed by atoms with E-state index in [0.717, 1.165) is 19.3 Å². The molecule has 0 bridgehead atoms. The van der Waals surface area contributed by atoms with Crippen LogP contribution in [0.4, 0.5) is 0 Å². The second-order valence-corrected chi connectivity index (χ2v) is 3.78. The molecule has 1 aliphatic rings. The first-order valence-corrected chi connectivity index (χ1v) is 4.98. The monoisotopic (exact) mass is 199 g/mol. The minimum atomic E-state index is -0.153. The van der Waals surface area contributed by atoms with Crippen LogP contribution in [0.2, 0.25) is 0 Å². The fourth-order valence-corrected chi connectivity index (χ4v) is 1.99. The van der Waals surface area contributed by atoms with Crippen LogP contribution in [0.25, 0.3) is 0 Å². The number of methoxy groups -OCH3 is 1. The van der Waals surface area contributed by atoms with Crippen molar-refractivity contribution in [2.75, 3.05) is 7.11 Å². The predicted molar refractivity (Wildman–Crippen MR) is 51.6 cm³/mol. The highest BCUT2D eigenvalue weighted by atomic mass is 16.5. The Labute approximate surface area is 84.0 Å². The fourth-order valence-electron chi connectivity index (χ4n) is 1.99. The third-order valence-electron chi connectivity index (χ3n) is 2.62. The summed E-state index contributed by atoms with van der Waals surface area (Å²) in [6, 6.07) is 0.144. The van der Waals surface area contributed by atoms with E-state index in [4.69, 9.17) is 4.74 Å². The Balaban J connectivity index is 2.43. The van der Waals surface area contributed by atoms with Gasteiger partial charge in [0.15, 0.2) is 0 Å².